The predicted octanol–water partition coefficient (Wildman–Crippen LogP) is 4.92. The van der Waals surface area contributed by atoms with Crippen molar-refractivity contribution in [1.82, 2.24) is 4.57 Å². The van der Waals surface area contributed by atoms with Gasteiger partial charge >= 0.3 is 0 Å². The van der Waals surface area contributed by atoms with Gasteiger partial charge in [-0.2, -0.15) is 0 Å². The summed E-state index contributed by atoms with van der Waals surface area (Å²) in [5, 5.41) is 3.98. The van der Waals surface area contributed by atoms with E-state index >= 15 is 0 Å². The highest BCUT2D eigenvalue weighted by Crippen LogP contribution is 2.28. The molecule has 0 aliphatic heterocycles. The van der Waals surface area contributed by atoms with Crippen LogP contribution in [0.2, 0.25) is 0 Å². The molecule has 0 spiro atoms. The largest absolute Gasteiger partial charge is 0.337 e. The lowest BCUT2D eigenvalue weighted by atomic mass is 10.1. The molecule has 0 radical (unpaired) electrons. The summed E-state index contributed by atoms with van der Waals surface area (Å²) >= 11 is 0. The van der Waals surface area contributed by atoms with Gasteiger partial charge in [0.2, 0.25) is 0 Å². The summed E-state index contributed by atoms with van der Waals surface area (Å²) in [6.45, 7) is 6.84. The minimum Gasteiger partial charge on any atom is -0.337 e. The number of nitrogens with zero attached hydrogens (tertiary/aromatic N) is 1. The Morgan fingerprint density at radius 1 is 1.12 bits per heavy atom. The quantitative estimate of drug-likeness (QED) is 0.726. The van der Waals surface area contributed by atoms with Gasteiger partial charge in [-0.25, -0.2) is 4.39 Å². The molecule has 0 saturated carbocycles. The highest BCUT2D eigenvalue weighted by molar-refractivity contribution is 6.08. The number of hydrogen-bond acceptors (Lipinski definition) is 1. The molecule has 3 rings (SSSR count). The number of aromatic nitrogens is 1. The molecule has 2 aromatic carbocycles. The molecule has 124 valence electrons. The van der Waals surface area contributed by atoms with Gasteiger partial charge in [0.1, 0.15) is 11.5 Å². The molecular weight excluding hydrogens is 303 g/mol. The topological polar surface area (TPSA) is 34.0 Å². The first-order valence-electron chi connectivity index (χ1n) is 8.23. The minimum atomic E-state index is -0.320. The van der Waals surface area contributed by atoms with Crippen molar-refractivity contribution in [2.24, 2.45) is 0 Å². The number of aryl methyl sites for hydroxylation is 3. The average Bonchev–Trinajstić information content (AvgIpc) is 2.88. The van der Waals surface area contributed by atoms with Crippen LogP contribution in [0, 0.1) is 12.7 Å². The number of carbonyl (C=O) groups is 1. The summed E-state index contributed by atoms with van der Waals surface area (Å²) in [4.78, 5) is 12.8. The third-order valence-electron chi connectivity index (χ3n) is 4.42. The van der Waals surface area contributed by atoms with Crippen LogP contribution in [0.4, 0.5) is 10.1 Å². The van der Waals surface area contributed by atoms with Crippen LogP contribution in [-0.2, 0) is 13.0 Å². The lowest BCUT2D eigenvalue weighted by molar-refractivity contribution is 0.101. The summed E-state index contributed by atoms with van der Waals surface area (Å²) in [5.74, 6) is -0.492. The number of nitrogens with one attached hydrogen (secondary N) is 1. The zero-order chi connectivity index (χ0) is 17.3. The van der Waals surface area contributed by atoms with E-state index in [0.29, 0.717) is 17.9 Å². The van der Waals surface area contributed by atoms with Crippen molar-refractivity contribution in [3.63, 3.8) is 0 Å². The zero-order valence-electron chi connectivity index (χ0n) is 14.2. The summed E-state index contributed by atoms with van der Waals surface area (Å²) < 4.78 is 15.1. The van der Waals surface area contributed by atoms with Gasteiger partial charge in [-0.1, -0.05) is 13.0 Å². The number of fused-ring (bicyclic) bond motifs is 1. The maximum Gasteiger partial charge on any atom is 0.272 e. The lowest BCUT2D eigenvalue weighted by Gasteiger charge is -2.10. The molecule has 0 aliphatic carbocycles. The van der Waals surface area contributed by atoms with Gasteiger partial charge in [-0.15, -0.1) is 0 Å². The molecule has 4 heteroatoms. The highest BCUT2D eigenvalue weighted by atomic mass is 19.1. The summed E-state index contributed by atoms with van der Waals surface area (Å²) in [5.41, 5.74) is 4.54. The zero-order valence-corrected chi connectivity index (χ0v) is 14.2. The van der Waals surface area contributed by atoms with Crippen LogP contribution in [-0.4, -0.2) is 10.5 Å². The summed E-state index contributed by atoms with van der Waals surface area (Å²) in [7, 11) is 0. The number of anilines is 1. The van der Waals surface area contributed by atoms with E-state index in [2.05, 4.69) is 30.4 Å². The molecule has 24 heavy (non-hydrogen) atoms. The van der Waals surface area contributed by atoms with Gasteiger partial charge in [-0.05, 0) is 67.8 Å². The molecule has 0 atom stereocenters. The molecule has 3 aromatic rings. The van der Waals surface area contributed by atoms with E-state index in [0.717, 1.165) is 22.9 Å². The SMILES string of the molecule is CCc1ccc2c(c1)c(C)c(C(=O)Nc1ccc(F)cc1)n2CC. The van der Waals surface area contributed by atoms with E-state index in [1.54, 1.807) is 12.1 Å². The number of rotatable bonds is 4. The van der Waals surface area contributed by atoms with E-state index in [9.17, 15) is 9.18 Å². The summed E-state index contributed by atoms with van der Waals surface area (Å²) in [6.07, 6.45) is 0.962. The Morgan fingerprint density at radius 3 is 2.46 bits per heavy atom. The molecule has 0 aliphatic rings. The van der Waals surface area contributed by atoms with E-state index < -0.39 is 0 Å². The Labute approximate surface area is 141 Å². The van der Waals surface area contributed by atoms with Gasteiger partial charge in [-0.3, -0.25) is 4.79 Å². The third-order valence-corrected chi connectivity index (χ3v) is 4.42. The number of amides is 1. The number of carbonyl (C=O) groups excluding carboxylic acids is 1. The van der Waals surface area contributed by atoms with Crippen molar-refractivity contribution >= 4 is 22.5 Å². The first kappa shape index (κ1) is 16.2. The van der Waals surface area contributed by atoms with Gasteiger partial charge in [0.15, 0.2) is 0 Å². The van der Waals surface area contributed by atoms with Gasteiger partial charge < -0.3 is 9.88 Å². The van der Waals surface area contributed by atoms with Crippen LogP contribution in [0.3, 0.4) is 0 Å². The molecule has 1 N–H and O–H groups in total. The molecular formula is C20H21FN2O. The molecule has 1 aromatic heterocycles. The van der Waals surface area contributed by atoms with Crippen molar-refractivity contribution in [3.8, 4) is 0 Å². The van der Waals surface area contributed by atoms with Crippen molar-refractivity contribution in [2.45, 2.75) is 33.7 Å². The number of benzene rings is 2. The predicted molar refractivity (Wildman–Crippen MR) is 96.1 cm³/mol. The van der Waals surface area contributed by atoms with Crippen molar-refractivity contribution in [3.05, 3.63) is 65.1 Å². The molecule has 0 bridgehead atoms. The first-order valence-corrected chi connectivity index (χ1v) is 8.23. The fourth-order valence-corrected chi connectivity index (χ4v) is 3.13. The first-order chi connectivity index (χ1) is 11.5. The van der Waals surface area contributed by atoms with Crippen LogP contribution < -0.4 is 5.32 Å². The van der Waals surface area contributed by atoms with E-state index in [-0.39, 0.29) is 11.7 Å². The van der Waals surface area contributed by atoms with E-state index in [1.807, 2.05) is 18.4 Å². The smallest absolute Gasteiger partial charge is 0.272 e. The molecule has 3 nitrogen and oxygen atoms in total. The third kappa shape index (κ3) is 2.80. The molecule has 0 saturated heterocycles. The van der Waals surface area contributed by atoms with Crippen LogP contribution >= 0.6 is 0 Å². The molecule has 0 unspecified atom stereocenters. The van der Waals surface area contributed by atoms with Crippen molar-refractivity contribution in [1.29, 1.82) is 0 Å². The summed E-state index contributed by atoms with van der Waals surface area (Å²) in [6, 6.07) is 12.2. The second kappa shape index (κ2) is 6.48. The van der Waals surface area contributed by atoms with Gasteiger partial charge in [0.25, 0.3) is 5.91 Å². The highest BCUT2D eigenvalue weighted by Gasteiger charge is 2.19. The fourth-order valence-electron chi connectivity index (χ4n) is 3.13. The molecule has 1 heterocycles. The van der Waals surface area contributed by atoms with Crippen LogP contribution in [0.15, 0.2) is 42.5 Å². The lowest BCUT2D eigenvalue weighted by Crippen LogP contribution is -2.17. The fraction of sp³-hybridized carbons (Fsp3) is 0.250. The van der Waals surface area contributed by atoms with Gasteiger partial charge in [0.05, 0.1) is 0 Å². The standard InChI is InChI=1S/C20H21FN2O/c1-4-14-6-11-18-17(12-14)13(3)19(23(18)5-2)20(24)22-16-9-7-15(21)8-10-16/h6-12H,4-5H2,1-3H3,(H,22,24). The minimum absolute atomic E-state index is 0.171. The van der Waals surface area contributed by atoms with Crippen molar-refractivity contribution in [2.75, 3.05) is 5.32 Å². The monoisotopic (exact) mass is 324 g/mol. The van der Waals surface area contributed by atoms with Crippen molar-refractivity contribution < 1.29 is 9.18 Å². The Hall–Kier alpha value is -2.62. The Kier molecular flexibility index (Phi) is 4.38. The van der Waals surface area contributed by atoms with Gasteiger partial charge in [0, 0.05) is 23.1 Å². The normalized spacial score (nSPS) is 11.0. The Morgan fingerprint density at radius 2 is 1.83 bits per heavy atom. The maximum atomic E-state index is 13.0. The van der Waals surface area contributed by atoms with E-state index in [1.165, 1.54) is 17.7 Å². The van der Waals surface area contributed by atoms with Crippen LogP contribution in [0.5, 0.6) is 0 Å². The second-order valence-corrected chi connectivity index (χ2v) is 5.88. The Bertz CT molecular complexity index is 894. The number of halogens is 1. The van der Waals surface area contributed by atoms with E-state index in [4.69, 9.17) is 0 Å². The number of hydrogen-bond donors (Lipinski definition) is 1. The Balaban J connectivity index is 2.05. The maximum absolute atomic E-state index is 13.0. The molecule has 1 amide bonds. The van der Waals surface area contributed by atoms with Crippen LogP contribution in [0.25, 0.3) is 10.9 Å². The van der Waals surface area contributed by atoms with Crippen LogP contribution in [0.1, 0.15) is 35.5 Å². The average molecular weight is 324 g/mol. The molecule has 0 fully saturated rings. The second-order valence-electron chi connectivity index (χ2n) is 5.88.